The highest BCUT2D eigenvalue weighted by Crippen LogP contribution is 2.23. The van der Waals surface area contributed by atoms with Crippen LogP contribution in [0.3, 0.4) is 0 Å². The van der Waals surface area contributed by atoms with Gasteiger partial charge in [0, 0.05) is 17.1 Å². The average molecular weight is 213 g/mol. The van der Waals surface area contributed by atoms with E-state index < -0.39 is 0 Å². The van der Waals surface area contributed by atoms with Crippen LogP contribution in [0, 0.1) is 34.6 Å². The zero-order chi connectivity index (χ0) is 11.9. The van der Waals surface area contributed by atoms with E-state index in [1.54, 1.807) is 0 Å². The molecule has 2 aromatic rings. The van der Waals surface area contributed by atoms with Gasteiger partial charge in [-0.05, 0) is 69.5 Å². The van der Waals surface area contributed by atoms with Crippen molar-refractivity contribution in [2.45, 2.75) is 34.6 Å². The topological polar surface area (TPSA) is 4.93 Å². The minimum absolute atomic E-state index is 1.30. The maximum absolute atomic E-state index is 2.33. The van der Waals surface area contributed by atoms with Gasteiger partial charge >= 0.3 is 0 Å². The monoisotopic (exact) mass is 213 g/mol. The van der Waals surface area contributed by atoms with E-state index in [1.807, 2.05) is 0 Å². The number of hydrogen-bond donors (Lipinski definition) is 0. The molecule has 0 saturated heterocycles. The molecule has 0 spiro atoms. The second-order valence-electron chi connectivity index (χ2n) is 4.68. The standard InChI is InChI=1S/C15H19N/c1-10-8-11(2)14(5)15(9-10)16-12(3)6-7-13(16)4/h6-9H,1-5H3. The highest BCUT2D eigenvalue weighted by molar-refractivity contribution is 5.50. The largest absolute Gasteiger partial charge is 0.318 e. The Morgan fingerprint density at radius 1 is 0.812 bits per heavy atom. The Bertz CT molecular complexity index is 513. The first-order valence-corrected chi connectivity index (χ1v) is 5.74. The number of hydrogen-bond acceptors (Lipinski definition) is 0. The lowest BCUT2D eigenvalue weighted by Gasteiger charge is -2.15. The van der Waals surface area contributed by atoms with E-state index in [9.17, 15) is 0 Å². The van der Waals surface area contributed by atoms with Crippen molar-refractivity contribution < 1.29 is 0 Å². The Hall–Kier alpha value is -1.50. The van der Waals surface area contributed by atoms with Gasteiger partial charge in [-0.25, -0.2) is 0 Å². The summed E-state index contributed by atoms with van der Waals surface area (Å²) < 4.78 is 2.33. The summed E-state index contributed by atoms with van der Waals surface area (Å²) in [6.07, 6.45) is 0. The third-order valence-electron chi connectivity index (χ3n) is 3.30. The highest BCUT2D eigenvalue weighted by atomic mass is 15.0. The van der Waals surface area contributed by atoms with Crippen molar-refractivity contribution in [3.63, 3.8) is 0 Å². The van der Waals surface area contributed by atoms with Crippen LogP contribution in [-0.2, 0) is 0 Å². The maximum Gasteiger partial charge on any atom is 0.0489 e. The van der Waals surface area contributed by atoms with Gasteiger partial charge in [0.25, 0.3) is 0 Å². The molecule has 1 heterocycles. The number of rotatable bonds is 1. The number of benzene rings is 1. The van der Waals surface area contributed by atoms with Gasteiger partial charge in [-0.1, -0.05) is 6.07 Å². The summed E-state index contributed by atoms with van der Waals surface area (Å²) in [5.41, 5.74) is 7.97. The summed E-state index contributed by atoms with van der Waals surface area (Å²) in [6.45, 7) is 10.8. The molecule has 0 N–H and O–H groups in total. The fourth-order valence-corrected chi connectivity index (χ4v) is 2.30. The van der Waals surface area contributed by atoms with Gasteiger partial charge < -0.3 is 4.57 Å². The molecule has 0 aliphatic rings. The lowest BCUT2D eigenvalue weighted by Crippen LogP contribution is -2.03. The molecule has 1 aromatic carbocycles. The minimum Gasteiger partial charge on any atom is -0.318 e. The fraction of sp³-hybridized carbons (Fsp3) is 0.333. The molecule has 1 heteroatoms. The Kier molecular flexibility index (Phi) is 2.63. The molecule has 2 rings (SSSR count). The van der Waals surface area contributed by atoms with Crippen molar-refractivity contribution >= 4 is 0 Å². The van der Waals surface area contributed by atoms with Gasteiger partial charge in [-0.2, -0.15) is 0 Å². The smallest absolute Gasteiger partial charge is 0.0489 e. The summed E-state index contributed by atoms with van der Waals surface area (Å²) in [5, 5.41) is 0. The van der Waals surface area contributed by atoms with Crippen LogP contribution in [0.15, 0.2) is 24.3 Å². The quantitative estimate of drug-likeness (QED) is 0.674. The molecule has 0 radical (unpaired) electrons. The molecule has 16 heavy (non-hydrogen) atoms. The first kappa shape index (κ1) is 11.0. The van der Waals surface area contributed by atoms with Crippen molar-refractivity contribution in [1.29, 1.82) is 0 Å². The predicted molar refractivity (Wildman–Crippen MR) is 69.5 cm³/mol. The minimum atomic E-state index is 1.30. The average Bonchev–Trinajstić information content (AvgIpc) is 2.53. The molecule has 0 aliphatic carbocycles. The fourth-order valence-electron chi connectivity index (χ4n) is 2.30. The molecule has 84 valence electrons. The summed E-state index contributed by atoms with van der Waals surface area (Å²) in [7, 11) is 0. The number of aromatic nitrogens is 1. The van der Waals surface area contributed by atoms with E-state index in [2.05, 4.69) is 63.5 Å². The summed E-state index contributed by atoms with van der Waals surface area (Å²) in [4.78, 5) is 0. The Morgan fingerprint density at radius 3 is 1.94 bits per heavy atom. The lowest BCUT2D eigenvalue weighted by atomic mass is 10.0. The molecule has 0 saturated carbocycles. The van der Waals surface area contributed by atoms with Crippen LogP contribution in [0.2, 0.25) is 0 Å². The van der Waals surface area contributed by atoms with E-state index in [0.717, 1.165) is 0 Å². The third kappa shape index (κ3) is 1.67. The maximum atomic E-state index is 2.33. The molecule has 0 amide bonds. The molecule has 0 aliphatic heterocycles. The van der Waals surface area contributed by atoms with Crippen LogP contribution in [-0.4, -0.2) is 4.57 Å². The van der Waals surface area contributed by atoms with E-state index in [4.69, 9.17) is 0 Å². The van der Waals surface area contributed by atoms with Crippen molar-refractivity contribution in [2.75, 3.05) is 0 Å². The van der Waals surface area contributed by atoms with Crippen LogP contribution in [0.1, 0.15) is 28.1 Å². The van der Waals surface area contributed by atoms with Gasteiger partial charge in [0.05, 0.1) is 0 Å². The van der Waals surface area contributed by atoms with E-state index in [-0.39, 0.29) is 0 Å². The van der Waals surface area contributed by atoms with Gasteiger partial charge in [0.1, 0.15) is 0 Å². The van der Waals surface area contributed by atoms with E-state index in [1.165, 1.54) is 33.8 Å². The first-order chi connectivity index (χ1) is 7.50. The normalized spacial score (nSPS) is 10.8. The Labute approximate surface area is 97.7 Å². The number of nitrogens with zero attached hydrogens (tertiary/aromatic N) is 1. The van der Waals surface area contributed by atoms with E-state index >= 15 is 0 Å². The molecular formula is C15H19N. The SMILES string of the molecule is Cc1cc(C)c(C)c(-n2c(C)ccc2C)c1. The van der Waals surface area contributed by atoms with E-state index in [0.29, 0.717) is 0 Å². The second-order valence-corrected chi connectivity index (χ2v) is 4.68. The molecular weight excluding hydrogens is 194 g/mol. The summed E-state index contributed by atoms with van der Waals surface area (Å²) in [5.74, 6) is 0. The second kappa shape index (κ2) is 3.82. The third-order valence-corrected chi connectivity index (χ3v) is 3.30. The van der Waals surface area contributed by atoms with Gasteiger partial charge in [-0.15, -0.1) is 0 Å². The van der Waals surface area contributed by atoms with Crippen molar-refractivity contribution in [1.82, 2.24) is 4.57 Å². The summed E-state index contributed by atoms with van der Waals surface area (Å²) in [6, 6.07) is 8.86. The van der Waals surface area contributed by atoms with Crippen molar-refractivity contribution in [2.24, 2.45) is 0 Å². The zero-order valence-electron chi connectivity index (χ0n) is 10.8. The highest BCUT2D eigenvalue weighted by Gasteiger charge is 2.08. The zero-order valence-corrected chi connectivity index (χ0v) is 10.8. The molecule has 0 bridgehead atoms. The van der Waals surface area contributed by atoms with Crippen molar-refractivity contribution in [3.05, 3.63) is 52.3 Å². The molecule has 0 unspecified atom stereocenters. The molecule has 0 fully saturated rings. The Balaban J connectivity index is 2.74. The van der Waals surface area contributed by atoms with Crippen LogP contribution >= 0.6 is 0 Å². The summed E-state index contributed by atoms with van der Waals surface area (Å²) >= 11 is 0. The van der Waals surface area contributed by atoms with Crippen LogP contribution in [0.4, 0.5) is 0 Å². The van der Waals surface area contributed by atoms with Crippen molar-refractivity contribution in [3.8, 4) is 5.69 Å². The van der Waals surface area contributed by atoms with Crippen LogP contribution in [0.5, 0.6) is 0 Å². The van der Waals surface area contributed by atoms with Crippen LogP contribution in [0.25, 0.3) is 5.69 Å². The number of aryl methyl sites for hydroxylation is 4. The Morgan fingerprint density at radius 2 is 1.38 bits per heavy atom. The predicted octanol–water partition coefficient (Wildman–Crippen LogP) is 4.02. The molecule has 1 aromatic heterocycles. The van der Waals surface area contributed by atoms with Gasteiger partial charge in [-0.3, -0.25) is 0 Å². The van der Waals surface area contributed by atoms with Gasteiger partial charge in [0.2, 0.25) is 0 Å². The molecule has 1 nitrogen and oxygen atoms in total. The first-order valence-electron chi connectivity index (χ1n) is 5.74. The van der Waals surface area contributed by atoms with Crippen LogP contribution < -0.4 is 0 Å². The van der Waals surface area contributed by atoms with Gasteiger partial charge in [0.15, 0.2) is 0 Å². The molecule has 0 atom stereocenters. The lowest BCUT2D eigenvalue weighted by molar-refractivity contribution is 0.949.